The number of carbonyl (C=O) groups excluding carboxylic acids is 2. The summed E-state index contributed by atoms with van der Waals surface area (Å²) in [5, 5.41) is 5.83. The predicted molar refractivity (Wildman–Crippen MR) is 77.3 cm³/mol. The van der Waals surface area contributed by atoms with Crippen LogP contribution in [0.25, 0.3) is 0 Å². The van der Waals surface area contributed by atoms with Crippen molar-refractivity contribution < 1.29 is 9.59 Å². The average molecular weight is 284 g/mol. The van der Waals surface area contributed by atoms with Gasteiger partial charge in [-0.15, -0.1) is 0 Å². The molecule has 0 saturated carbocycles. The molecule has 2 amide bonds. The topological polar surface area (TPSA) is 84.2 Å². The molecule has 0 heterocycles. The molecule has 104 valence electrons. The number of anilines is 2. The van der Waals surface area contributed by atoms with E-state index < -0.39 is 0 Å². The van der Waals surface area contributed by atoms with Gasteiger partial charge in [0.1, 0.15) is 0 Å². The highest BCUT2D eigenvalue weighted by atomic mass is 35.5. The molecule has 0 aliphatic rings. The second kappa shape index (κ2) is 7.76. The minimum atomic E-state index is -0.147. The van der Waals surface area contributed by atoms with Crippen LogP contribution in [0, 0.1) is 0 Å². The second-order valence-electron chi connectivity index (χ2n) is 4.04. The fraction of sp³-hybridized carbons (Fsp3) is 0.385. The van der Waals surface area contributed by atoms with Gasteiger partial charge in [0.15, 0.2) is 0 Å². The fourth-order valence-corrected chi connectivity index (χ4v) is 1.59. The van der Waals surface area contributed by atoms with Crippen LogP contribution < -0.4 is 16.4 Å². The highest BCUT2D eigenvalue weighted by molar-refractivity contribution is 6.33. The van der Waals surface area contributed by atoms with Crippen molar-refractivity contribution in [3.8, 4) is 0 Å². The normalized spacial score (nSPS) is 10.1. The third kappa shape index (κ3) is 5.28. The van der Waals surface area contributed by atoms with Crippen LogP contribution in [-0.2, 0) is 9.59 Å². The standard InChI is InChI=1S/C13H18ClN3O2/c1-2-12(18)16-9-5-6-10(14)11(8-9)17-13(19)4-3-7-15/h5-6,8H,2-4,7,15H2,1H3,(H,16,18)(H,17,19). The Bertz CT molecular complexity index is 463. The minimum absolute atomic E-state index is 0.0947. The molecule has 6 heteroatoms. The van der Waals surface area contributed by atoms with E-state index in [1.165, 1.54) is 0 Å². The molecule has 0 aliphatic carbocycles. The van der Waals surface area contributed by atoms with Crippen molar-refractivity contribution >= 4 is 34.8 Å². The fourth-order valence-electron chi connectivity index (χ4n) is 1.42. The predicted octanol–water partition coefficient (Wildman–Crippen LogP) is 2.37. The van der Waals surface area contributed by atoms with E-state index in [-0.39, 0.29) is 11.8 Å². The Morgan fingerprint density at radius 1 is 1.26 bits per heavy atom. The maximum absolute atomic E-state index is 11.6. The molecular formula is C13H18ClN3O2. The molecule has 0 radical (unpaired) electrons. The second-order valence-corrected chi connectivity index (χ2v) is 4.44. The highest BCUT2D eigenvalue weighted by Crippen LogP contribution is 2.25. The summed E-state index contributed by atoms with van der Waals surface area (Å²) in [6.45, 7) is 2.23. The lowest BCUT2D eigenvalue weighted by atomic mass is 10.2. The Kier molecular flexibility index (Phi) is 6.32. The van der Waals surface area contributed by atoms with Crippen molar-refractivity contribution in [2.45, 2.75) is 26.2 Å². The molecular weight excluding hydrogens is 266 g/mol. The molecule has 1 aromatic rings. The van der Waals surface area contributed by atoms with E-state index in [4.69, 9.17) is 17.3 Å². The summed E-state index contributed by atoms with van der Waals surface area (Å²) < 4.78 is 0. The third-order valence-electron chi connectivity index (χ3n) is 2.45. The van der Waals surface area contributed by atoms with Crippen LogP contribution in [0.5, 0.6) is 0 Å². The van der Waals surface area contributed by atoms with Crippen molar-refractivity contribution in [1.29, 1.82) is 0 Å². The van der Waals surface area contributed by atoms with Crippen LogP contribution in [0.15, 0.2) is 18.2 Å². The van der Waals surface area contributed by atoms with Crippen molar-refractivity contribution in [3.05, 3.63) is 23.2 Å². The average Bonchev–Trinajstić information content (AvgIpc) is 2.40. The van der Waals surface area contributed by atoms with Crippen molar-refractivity contribution in [1.82, 2.24) is 0 Å². The SMILES string of the molecule is CCC(=O)Nc1ccc(Cl)c(NC(=O)CCCN)c1. The maximum atomic E-state index is 11.6. The van der Waals surface area contributed by atoms with Crippen LogP contribution in [0.1, 0.15) is 26.2 Å². The first-order valence-corrected chi connectivity index (χ1v) is 6.54. The first kappa shape index (κ1) is 15.5. The van der Waals surface area contributed by atoms with E-state index in [1.54, 1.807) is 25.1 Å². The van der Waals surface area contributed by atoms with Crippen molar-refractivity contribution in [2.75, 3.05) is 17.2 Å². The number of rotatable bonds is 6. The summed E-state index contributed by atoms with van der Waals surface area (Å²) >= 11 is 5.99. The van der Waals surface area contributed by atoms with E-state index in [2.05, 4.69) is 10.6 Å². The number of amides is 2. The molecule has 0 atom stereocenters. The Morgan fingerprint density at radius 3 is 2.63 bits per heavy atom. The highest BCUT2D eigenvalue weighted by Gasteiger charge is 2.07. The molecule has 1 aromatic carbocycles. The molecule has 5 nitrogen and oxygen atoms in total. The largest absolute Gasteiger partial charge is 0.330 e. The van der Waals surface area contributed by atoms with Crippen LogP contribution in [0.2, 0.25) is 5.02 Å². The van der Waals surface area contributed by atoms with Crippen LogP contribution in [0.3, 0.4) is 0 Å². The molecule has 0 aromatic heterocycles. The number of benzene rings is 1. The summed E-state index contributed by atoms with van der Waals surface area (Å²) in [5.74, 6) is -0.242. The Labute approximate surface area is 117 Å². The third-order valence-corrected chi connectivity index (χ3v) is 2.78. The quantitative estimate of drug-likeness (QED) is 0.749. The number of hydrogen-bond acceptors (Lipinski definition) is 3. The molecule has 19 heavy (non-hydrogen) atoms. The van der Waals surface area contributed by atoms with E-state index in [0.29, 0.717) is 42.2 Å². The van der Waals surface area contributed by atoms with E-state index in [1.807, 2.05) is 0 Å². The van der Waals surface area contributed by atoms with Crippen molar-refractivity contribution in [2.24, 2.45) is 5.73 Å². The monoisotopic (exact) mass is 283 g/mol. The summed E-state index contributed by atoms with van der Waals surface area (Å²) in [6.07, 6.45) is 1.36. The Morgan fingerprint density at radius 2 is 2.00 bits per heavy atom. The van der Waals surface area contributed by atoms with Crippen LogP contribution in [0.4, 0.5) is 11.4 Å². The van der Waals surface area contributed by atoms with Gasteiger partial charge in [-0.25, -0.2) is 0 Å². The maximum Gasteiger partial charge on any atom is 0.224 e. The molecule has 4 N–H and O–H groups in total. The van der Waals surface area contributed by atoms with Gasteiger partial charge in [-0.2, -0.15) is 0 Å². The van der Waals surface area contributed by atoms with Gasteiger partial charge in [-0.1, -0.05) is 18.5 Å². The number of carbonyl (C=O) groups is 2. The molecule has 0 saturated heterocycles. The first-order valence-electron chi connectivity index (χ1n) is 6.16. The van der Waals surface area contributed by atoms with Gasteiger partial charge in [0, 0.05) is 18.5 Å². The molecule has 0 bridgehead atoms. The van der Waals surface area contributed by atoms with Gasteiger partial charge in [0.05, 0.1) is 10.7 Å². The van der Waals surface area contributed by atoms with Gasteiger partial charge < -0.3 is 16.4 Å². The van der Waals surface area contributed by atoms with Gasteiger partial charge in [0.25, 0.3) is 0 Å². The van der Waals surface area contributed by atoms with Crippen molar-refractivity contribution in [3.63, 3.8) is 0 Å². The summed E-state index contributed by atoms with van der Waals surface area (Å²) in [7, 11) is 0. The number of halogens is 1. The minimum Gasteiger partial charge on any atom is -0.330 e. The molecule has 0 aliphatic heterocycles. The smallest absolute Gasteiger partial charge is 0.224 e. The lowest BCUT2D eigenvalue weighted by Crippen LogP contribution is -2.14. The van der Waals surface area contributed by atoms with E-state index in [0.717, 1.165) is 0 Å². The zero-order valence-electron chi connectivity index (χ0n) is 10.8. The molecule has 0 fully saturated rings. The van der Waals surface area contributed by atoms with E-state index >= 15 is 0 Å². The van der Waals surface area contributed by atoms with Gasteiger partial charge in [-0.3, -0.25) is 9.59 Å². The summed E-state index contributed by atoms with van der Waals surface area (Å²) in [4.78, 5) is 22.9. The van der Waals surface area contributed by atoms with Crippen LogP contribution in [-0.4, -0.2) is 18.4 Å². The van der Waals surface area contributed by atoms with Gasteiger partial charge >= 0.3 is 0 Å². The molecule has 0 unspecified atom stereocenters. The van der Waals surface area contributed by atoms with Crippen LogP contribution >= 0.6 is 11.6 Å². The zero-order chi connectivity index (χ0) is 14.3. The molecule has 1 rings (SSSR count). The molecule has 0 spiro atoms. The lowest BCUT2D eigenvalue weighted by molar-refractivity contribution is -0.116. The van der Waals surface area contributed by atoms with E-state index in [9.17, 15) is 9.59 Å². The Balaban J connectivity index is 2.74. The van der Waals surface area contributed by atoms with Gasteiger partial charge in [-0.05, 0) is 31.2 Å². The number of hydrogen-bond donors (Lipinski definition) is 3. The summed E-state index contributed by atoms with van der Waals surface area (Å²) in [5.41, 5.74) is 6.43. The lowest BCUT2D eigenvalue weighted by Gasteiger charge is -2.10. The first-order chi connectivity index (χ1) is 9.06. The zero-order valence-corrected chi connectivity index (χ0v) is 11.6. The van der Waals surface area contributed by atoms with Gasteiger partial charge in [0.2, 0.25) is 11.8 Å². The Hall–Kier alpha value is -1.59. The number of nitrogens with one attached hydrogen (secondary N) is 2. The number of nitrogens with two attached hydrogens (primary N) is 1. The summed E-state index contributed by atoms with van der Waals surface area (Å²) in [6, 6.07) is 4.95.